The molecule has 6 nitrogen and oxygen atoms in total. The molecule has 0 aliphatic carbocycles. The van der Waals surface area contributed by atoms with E-state index < -0.39 is 48.0 Å². The zero-order chi connectivity index (χ0) is 16.1. The fourth-order valence-electron chi connectivity index (χ4n) is 1.44. The topological polar surface area (TPSA) is 78.9 Å². The highest BCUT2D eigenvalue weighted by Crippen LogP contribution is 2.39. The van der Waals surface area contributed by atoms with Crippen LogP contribution >= 0.6 is 8.69 Å². The van der Waals surface area contributed by atoms with Gasteiger partial charge in [0.1, 0.15) is 10.6 Å². The molecule has 0 amide bonds. The monoisotopic (exact) mass is 348 g/mol. The summed E-state index contributed by atoms with van der Waals surface area (Å²) < 4.78 is 86.1. The van der Waals surface area contributed by atoms with Crippen LogP contribution in [0.5, 0.6) is 5.75 Å². The fraction of sp³-hybridized carbons (Fsp3) is 0.400. The van der Waals surface area contributed by atoms with Crippen LogP contribution in [0.25, 0.3) is 0 Å². The largest absolute Gasteiger partial charge is 0.492 e. The Balaban J connectivity index is 3.38. The summed E-state index contributed by atoms with van der Waals surface area (Å²) in [7, 11) is -6.54. The van der Waals surface area contributed by atoms with Gasteiger partial charge in [-0.1, -0.05) is 6.07 Å². The van der Waals surface area contributed by atoms with Crippen LogP contribution in [0.3, 0.4) is 0 Å². The van der Waals surface area contributed by atoms with E-state index in [4.69, 9.17) is 4.74 Å². The highest BCUT2D eigenvalue weighted by atomic mass is 32.2. The minimum atomic E-state index is -4.91. The Kier molecular flexibility index (Phi) is 6.21. The summed E-state index contributed by atoms with van der Waals surface area (Å²) in [6.45, 7) is 0.505. The maximum Gasteiger partial charge on any atom is 0.417 e. The third kappa shape index (κ3) is 4.70. The molecule has 0 spiro atoms. The zero-order valence-electron chi connectivity index (χ0n) is 10.7. The number of halogens is 3. The van der Waals surface area contributed by atoms with Crippen LogP contribution in [-0.2, 0) is 29.6 Å². The molecule has 0 radical (unpaired) electrons. The standard InChI is InChI=1S/C10H12F3O6PS/c1-2-17-8-5-3-4-7(10(11,12)13)9(8)21(15,16)19-6-18-20-14/h3-5H,2,6,20H2,1H3. The second-order valence-electron chi connectivity index (χ2n) is 3.52. The van der Waals surface area contributed by atoms with Crippen LogP contribution in [-0.4, -0.2) is 21.8 Å². The molecule has 0 bridgehead atoms. The molecule has 0 N–H and O–H groups in total. The Bertz CT molecular complexity index is 601. The predicted octanol–water partition coefficient (Wildman–Crippen LogP) is 2.45. The van der Waals surface area contributed by atoms with E-state index in [1.807, 2.05) is 0 Å². The summed E-state index contributed by atoms with van der Waals surface area (Å²) in [5, 5.41) is 0. The smallest absolute Gasteiger partial charge is 0.417 e. The average Bonchev–Trinajstić information content (AvgIpc) is 2.38. The van der Waals surface area contributed by atoms with Crippen LogP contribution in [0, 0.1) is 0 Å². The van der Waals surface area contributed by atoms with Gasteiger partial charge in [-0.2, -0.15) is 21.6 Å². The maximum atomic E-state index is 12.9. The number of hydrogen-bond donors (Lipinski definition) is 0. The maximum absolute atomic E-state index is 12.9. The quantitative estimate of drug-likeness (QED) is 0.326. The van der Waals surface area contributed by atoms with E-state index in [0.717, 1.165) is 12.1 Å². The first kappa shape index (κ1) is 18.0. The van der Waals surface area contributed by atoms with E-state index in [1.54, 1.807) is 0 Å². The normalized spacial score (nSPS) is 13.0. The van der Waals surface area contributed by atoms with Crippen LogP contribution in [0.15, 0.2) is 23.1 Å². The molecule has 0 heterocycles. The Morgan fingerprint density at radius 1 is 1.29 bits per heavy atom. The van der Waals surface area contributed by atoms with Gasteiger partial charge in [-0.15, -0.1) is 0 Å². The number of ether oxygens (including phenoxy) is 1. The van der Waals surface area contributed by atoms with Crippen molar-refractivity contribution in [2.45, 2.75) is 18.0 Å². The molecule has 0 aromatic heterocycles. The van der Waals surface area contributed by atoms with E-state index in [2.05, 4.69) is 8.71 Å². The van der Waals surface area contributed by atoms with Crippen molar-refractivity contribution in [3.05, 3.63) is 23.8 Å². The molecule has 120 valence electrons. The lowest BCUT2D eigenvalue weighted by Crippen LogP contribution is -2.17. The van der Waals surface area contributed by atoms with Crippen LogP contribution in [0.2, 0.25) is 0 Å². The predicted molar refractivity (Wildman–Crippen MR) is 67.2 cm³/mol. The van der Waals surface area contributed by atoms with Gasteiger partial charge in [0, 0.05) is 0 Å². The minimum Gasteiger partial charge on any atom is -0.492 e. The van der Waals surface area contributed by atoms with E-state index in [1.165, 1.54) is 6.92 Å². The van der Waals surface area contributed by atoms with Crippen LogP contribution in [0.1, 0.15) is 12.5 Å². The third-order valence-electron chi connectivity index (χ3n) is 2.17. The van der Waals surface area contributed by atoms with Crippen molar-refractivity contribution in [2.24, 2.45) is 0 Å². The van der Waals surface area contributed by atoms with Gasteiger partial charge < -0.3 is 9.26 Å². The van der Waals surface area contributed by atoms with E-state index in [0.29, 0.717) is 6.07 Å². The lowest BCUT2D eigenvalue weighted by molar-refractivity contribution is -0.140. The minimum absolute atomic E-state index is 0.0367. The summed E-state index contributed by atoms with van der Waals surface area (Å²) in [6, 6.07) is 2.69. The van der Waals surface area contributed by atoms with Crippen molar-refractivity contribution in [1.29, 1.82) is 0 Å². The number of rotatable bonds is 7. The Hall–Kier alpha value is -1.09. The molecule has 0 saturated heterocycles. The van der Waals surface area contributed by atoms with Gasteiger partial charge in [0.2, 0.25) is 0 Å². The second-order valence-corrected chi connectivity index (χ2v) is 5.59. The molecular weight excluding hydrogens is 336 g/mol. The molecule has 0 saturated carbocycles. The summed E-state index contributed by atoms with van der Waals surface area (Å²) in [6.07, 6.45) is -4.91. The van der Waals surface area contributed by atoms with E-state index in [-0.39, 0.29) is 6.61 Å². The van der Waals surface area contributed by atoms with E-state index in [9.17, 15) is 26.2 Å². The van der Waals surface area contributed by atoms with Crippen molar-refractivity contribution in [3.8, 4) is 5.75 Å². The van der Waals surface area contributed by atoms with Gasteiger partial charge in [-0.25, -0.2) is 4.18 Å². The summed E-state index contributed by atoms with van der Waals surface area (Å²) in [4.78, 5) is -1.14. The van der Waals surface area contributed by atoms with Crippen molar-refractivity contribution in [3.63, 3.8) is 0 Å². The molecule has 0 aliphatic heterocycles. The molecule has 21 heavy (non-hydrogen) atoms. The SMILES string of the molecule is CCOc1cccc(C(F)(F)F)c1S(=O)(=O)OCO[PH2]=O. The highest BCUT2D eigenvalue weighted by molar-refractivity contribution is 7.87. The first-order valence-corrected chi connectivity index (χ1v) is 7.86. The van der Waals surface area contributed by atoms with Crippen molar-refractivity contribution in [2.75, 3.05) is 13.4 Å². The van der Waals surface area contributed by atoms with Crippen LogP contribution in [0.4, 0.5) is 13.2 Å². The molecule has 1 unspecified atom stereocenters. The zero-order valence-corrected chi connectivity index (χ0v) is 12.7. The van der Waals surface area contributed by atoms with E-state index >= 15 is 0 Å². The summed E-state index contributed by atoms with van der Waals surface area (Å²) in [5.74, 6) is -0.484. The van der Waals surface area contributed by atoms with Gasteiger partial charge in [-0.05, 0) is 19.1 Å². The first-order chi connectivity index (χ1) is 9.74. The van der Waals surface area contributed by atoms with Crippen molar-refractivity contribution in [1.82, 2.24) is 0 Å². The molecule has 11 heteroatoms. The first-order valence-electron chi connectivity index (χ1n) is 5.51. The molecule has 1 aromatic carbocycles. The molecule has 1 rings (SSSR count). The summed E-state index contributed by atoms with van der Waals surface area (Å²) in [5.41, 5.74) is -1.41. The van der Waals surface area contributed by atoms with Crippen molar-refractivity contribution < 1.29 is 39.6 Å². The number of alkyl halides is 3. The summed E-state index contributed by atoms with van der Waals surface area (Å²) >= 11 is 0. The van der Waals surface area contributed by atoms with Crippen LogP contribution < -0.4 is 4.74 Å². The Morgan fingerprint density at radius 2 is 1.95 bits per heavy atom. The molecule has 0 fully saturated rings. The van der Waals surface area contributed by atoms with Gasteiger partial charge in [0.15, 0.2) is 15.5 Å². The Morgan fingerprint density at radius 3 is 2.48 bits per heavy atom. The lowest BCUT2D eigenvalue weighted by Gasteiger charge is -2.16. The van der Waals surface area contributed by atoms with Gasteiger partial charge in [0.25, 0.3) is 0 Å². The van der Waals surface area contributed by atoms with Gasteiger partial charge in [0.05, 0.1) is 12.2 Å². The molecule has 0 aliphatic rings. The number of hydrogen-bond acceptors (Lipinski definition) is 6. The third-order valence-corrected chi connectivity index (χ3v) is 3.77. The molecular formula is C10H12F3O6PS. The fourth-order valence-corrected chi connectivity index (χ4v) is 2.79. The number of benzene rings is 1. The van der Waals surface area contributed by atoms with Crippen molar-refractivity contribution >= 4 is 18.8 Å². The average molecular weight is 348 g/mol. The van der Waals surface area contributed by atoms with Gasteiger partial charge in [-0.3, -0.25) is 4.57 Å². The second kappa shape index (κ2) is 7.26. The molecule has 1 aromatic rings. The van der Waals surface area contributed by atoms with Gasteiger partial charge >= 0.3 is 16.3 Å². The highest BCUT2D eigenvalue weighted by Gasteiger charge is 2.39. The Labute approximate surface area is 120 Å². The lowest BCUT2D eigenvalue weighted by atomic mass is 10.2. The molecule has 1 atom stereocenters.